The van der Waals surface area contributed by atoms with E-state index in [1.807, 2.05) is 73.6 Å². The largest absolute Gasteiger partial charge is 0.378 e. The number of benzene rings is 2. The molecule has 2 amide bonds. The molecule has 3 rings (SSSR count). The zero-order valence-electron chi connectivity index (χ0n) is 13.8. The number of carbonyl (C=O) groups is 2. The van der Waals surface area contributed by atoms with Gasteiger partial charge in [0.15, 0.2) is 0 Å². The van der Waals surface area contributed by atoms with Gasteiger partial charge < -0.3 is 15.5 Å². The van der Waals surface area contributed by atoms with Gasteiger partial charge >= 0.3 is 0 Å². The van der Waals surface area contributed by atoms with Crippen LogP contribution in [0.5, 0.6) is 0 Å². The van der Waals surface area contributed by atoms with E-state index in [1.165, 1.54) is 0 Å². The van der Waals surface area contributed by atoms with Gasteiger partial charge in [-0.05, 0) is 42.8 Å². The molecular formula is C19H21N3O2. The Balaban J connectivity index is 1.53. The molecule has 2 N–H and O–H groups in total. The molecule has 0 radical (unpaired) electrons. The molecule has 1 saturated carbocycles. The zero-order chi connectivity index (χ0) is 17.1. The normalized spacial score (nSPS) is 18.6. The highest BCUT2D eigenvalue weighted by molar-refractivity contribution is 6.03. The minimum atomic E-state index is -0.248. The second-order valence-corrected chi connectivity index (χ2v) is 6.23. The maximum absolute atomic E-state index is 12.3. The Bertz CT molecular complexity index is 726. The highest BCUT2D eigenvalue weighted by Crippen LogP contribution is 2.40. The maximum atomic E-state index is 12.3. The average molecular weight is 323 g/mol. The van der Waals surface area contributed by atoms with Gasteiger partial charge in [0.25, 0.3) is 0 Å². The second kappa shape index (κ2) is 6.74. The molecular weight excluding hydrogens is 302 g/mol. The summed E-state index contributed by atoms with van der Waals surface area (Å²) in [5, 5.41) is 5.73. The summed E-state index contributed by atoms with van der Waals surface area (Å²) in [7, 11) is 3.93. The number of rotatable bonds is 5. The summed E-state index contributed by atoms with van der Waals surface area (Å²) in [6.45, 7) is 0. The van der Waals surface area contributed by atoms with Gasteiger partial charge in [-0.2, -0.15) is 0 Å². The molecule has 2 aromatic carbocycles. The van der Waals surface area contributed by atoms with E-state index in [-0.39, 0.29) is 23.7 Å². The lowest BCUT2D eigenvalue weighted by molar-refractivity contribution is -0.122. The van der Waals surface area contributed by atoms with Gasteiger partial charge in [0.2, 0.25) is 11.8 Å². The SMILES string of the molecule is CN(C)c1ccc(NC(=O)C2CC2C(=O)Nc2ccccc2)cc1. The molecule has 0 spiro atoms. The molecule has 2 atom stereocenters. The van der Waals surface area contributed by atoms with Crippen molar-refractivity contribution in [1.29, 1.82) is 0 Å². The van der Waals surface area contributed by atoms with Crippen LogP contribution in [0.4, 0.5) is 17.1 Å². The smallest absolute Gasteiger partial charge is 0.228 e. The van der Waals surface area contributed by atoms with E-state index in [0.29, 0.717) is 6.42 Å². The van der Waals surface area contributed by atoms with Gasteiger partial charge in [0, 0.05) is 31.2 Å². The van der Waals surface area contributed by atoms with Crippen molar-refractivity contribution in [3.05, 3.63) is 54.6 Å². The average Bonchev–Trinajstić information content (AvgIpc) is 3.37. The van der Waals surface area contributed by atoms with E-state index in [0.717, 1.165) is 17.1 Å². The summed E-state index contributed by atoms with van der Waals surface area (Å²) in [6, 6.07) is 16.9. The molecule has 0 saturated heterocycles. The van der Waals surface area contributed by atoms with Gasteiger partial charge in [-0.15, -0.1) is 0 Å². The van der Waals surface area contributed by atoms with Crippen LogP contribution in [-0.2, 0) is 9.59 Å². The molecule has 0 heterocycles. The zero-order valence-corrected chi connectivity index (χ0v) is 13.8. The van der Waals surface area contributed by atoms with E-state index in [9.17, 15) is 9.59 Å². The highest BCUT2D eigenvalue weighted by Gasteiger charge is 2.48. The molecule has 2 aromatic rings. The van der Waals surface area contributed by atoms with Crippen LogP contribution in [0.2, 0.25) is 0 Å². The van der Waals surface area contributed by atoms with Gasteiger partial charge in [-0.3, -0.25) is 9.59 Å². The number of amides is 2. The Labute approximate surface area is 141 Å². The Hall–Kier alpha value is -2.82. The predicted molar refractivity (Wildman–Crippen MR) is 96.1 cm³/mol. The molecule has 0 aromatic heterocycles. The van der Waals surface area contributed by atoms with Crippen LogP contribution < -0.4 is 15.5 Å². The number of hydrogen-bond acceptors (Lipinski definition) is 3. The third-order valence-corrected chi connectivity index (χ3v) is 4.16. The number of nitrogens with one attached hydrogen (secondary N) is 2. The van der Waals surface area contributed by atoms with Crippen LogP contribution >= 0.6 is 0 Å². The van der Waals surface area contributed by atoms with Crippen molar-refractivity contribution in [3.8, 4) is 0 Å². The van der Waals surface area contributed by atoms with Crippen molar-refractivity contribution < 1.29 is 9.59 Å². The monoisotopic (exact) mass is 323 g/mol. The molecule has 0 bridgehead atoms. The van der Waals surface area contributed by atoms with Gasteiger partial charge in [0.1, 0.15) is 0 Å². The number of anilines is 3. The Kier molecular flexibility index (Phi) is 4.51. The number of hydrogen-bond donors (Lipinski definition) is 2. The maximum Gasteiger partial charge on any atom is 0.228 e. The predicted octanol–water partition coefficient (Wildman–Crippen LogP) is 2.97. The van der Waals surface area contributed by atoms with Crippen LogP contribution in [0, 0.1) is 11.8 Å². The van der Waals surface area contributed by atoms with Crippen LogP contribution in [0.15, 0.2) is 54.6 Å². The van der Waals surface area contributed by atoms with Crippen molar-refractivity contribution in [2.75, 3.05) is 29.6 Å². The van der Waals surface area contributed by atoms with E-state index in [4.69, 9.17) is 0 Å². The molecule has 5 heteroatoms. The van der Waals surface area contributed by atoms with Gasteiger partial charge in [-0.25, -0.2) is 0 Å². The number of para-hydroxylation sites is 1. The fourth-order valence-corrected chi connectivity index (χ4v) is 2.61. The second-order valence-electron chi connectivity index (χ2n) is 6.23. The first-order valence-corrected chi connectivity index (χ1v) is 7.99. The quantitative estimate of drug-likeness (QED) is 0.889. The molecule has 0 aliphatic heterocycles. The molecule has 1 aliphatic rings. The lowest BCUT2D eigenvalue weighted by atomic mass is 10.2. The van der Waals surface area contributed by atoms with E-state index < -0.39 is 0 Å². The van der Waals surface area contributed by atoms with E-state index in [1.54, 1.807) is 0 Å². The summed E-state index contributed by atoms with van der Waals surface area (Å²) >= 11 is 0. The summed E-state index contributed by atoms with van der Waals surface area (Å²) in [5.74, 6) is -0.682. The number of nitrogens with zero attached hydrogens (tertiary/aromatic N) is 1. The molecule has 24 heavy (non-hydrogen) atoms. The third-order valence-electron chi connectivity index (χ3n) is 4.16. The van der Waals surface area contributed by atoms with E-state index in [2.05, 4.69) is 10.6 Å². The van der Waals surface area contributed by atoms with Crippen molar-refractivity contribution in [1.82, 2.24) is 0 Å². The summed E-state index contributed by atoms with van der Waals surface area (Å²) in [5.41, 5.74) is 2.58. The fraction of sp³-hybridized carbons (Fsp3) is 0.263. The number of carbonyl (C=O) groups excluding carboxylic acids is 2. The lowest BCUT2D eigenvalue weighted by Crippen LogP contribution is -2.20. The third kappa shape index (κ3) is 3.74. The minimum Gasteiger partial charge on any atom is -0.378 e. The van der Waals surface area contributed by atoms with Crippen LogP contribution in [0.25, 0.3) is 0 Å². The van der Waals surface area contributed by atoms with E-state index >= 15 is 0 Å². The van der Waals surface area contributed by atoms with Gasteiger partial charge in [0.05, 0.1) is 11.8 Å². The highest BCUT2D eigenvalue weighted by atomic mass is 16.2. The van der Waals surface area contributed by atoms with Crippen molar-refractivity contribution >= 4 is 28.9 Å². The first kappa shape index (κ1) is 16.1. The van der Waals surface area contributed by atoms with Crippen LogP contribution in [0.3, 0.4) is 0 Å². The van der Waals surface area contributed by atoms with Crippen LogP contribution in [0.1, 0.15) is 6.42 Å². The minimum absolute atomic E-state index is 0.0932. The Morgan fingerprint density at radius 3 is 1.83 bits per heavy atom. The molecule has 2 unspecified atom stereocenters. The van der Waals surface area contributed by atoms with Crippen molar-refractivity contribution in [2.24, 2.45) is 11.8 Å². The molecule has 5 nitrogen and oxygen atoms in total. The topological polar surface area (TPSA) is 61.4 Å². The van der Waals surface area contributed by atoms with Crippen molar-refractivity contribution in [2.45, 2.75) is 6.42 Å². The molecule has 1 fully saturated rings. The molecule has 124 valence electrons. The standard InChI is InChI=1S/C19H21N3O2/c1-22(2)15-10-8-14(9-11-15)21-19(24)17-12-16(17)18(23)20-13-6-4-3-5-7-13/h3-11,16-17H,12H2,1-2H3,(H,20,23)(H,21,24). The Morgan fingerprint density at radius 1 is 0.833 bits per heavy atom. The van der Waals surface area contributed by atoms with Crippen LogP contribution in [-0.4, -0.2) is 25.9 Å². The summed E-state index contributed by atoms with van der Waals surface area (Å²) < 4.78 is 0. The Morgan fingerprint density at radius 2 is 1.33 bits per heavy atom. The summed E-state index contributed by atoms with van der Waals surface area (Å²) in [6.07, 6.45) is 0.598. The van der Waals surface area contributed by atoms with Crippen molar-refractivity contribution in [3.63, 3.8) is 0 Å². The summed E-state index contributed by atoms with van der Waals surface area (Å²) in [4.78, 5) is 26.4. The first-order valence-electron chi connectivity index (χ1n) is 7.99. The molecule has 1 aliphatic carbocycles. The fourth-order valence-electron chi connectivity index (χ4n) is 2.61. The first-order chi connectivity index (χ1) is 11.5. The lowest BCUT2D eigenvalue weighted by Gasteiger charge is -2.13. The van der Waals surface area contributed by atoms with Gasteiger partial charge in [-0.1, -0.05) is 18.2 Å².